The van der Waals surface area contributed by atoms with Crippen molar-refractivity contribution in [1.82, 2.24) is 0 Å². The van der Waals surface area contributed by atoms with Crippen molar-refractivity contribution in [3.05, 3.63) is 41.0 Å². The predicted octanol–water partition coefficient (Wildman–Crippen LogP) is 5.14. The van der Waals surface area contributed by atoms with Gasteiger partial charge in [-0.05, 0) is 35.8 Å². The van der Waals surface area contributed by atoms with Crippen molar-refractivity contribution in [1.29, 1.82) is 0 Å². The average molecular weight is 339 g/mol. The topological polar surface area (TPSA) is 38.3 Å². The van der Waals surface area contributed by atoms with E-state index in [4.69, 9.17) is 4.74 Å². The number of ether oxygens (including phenoxy) is 1. The van der Waals surface area contributed by atoms with Crippen molar-refractivity contribution in [3.63, 3.8) is 0 Å². The maximum Gasteiger partial charge on any atom is 0.339 e. The zero-order chi connectivity index (χ0) is 18.2. The average Bonchev–Trinajstić information content (AvgIpc) is 2.77. The Labute approximate surface area is 150 Å². The number of nitrogens with one attached hydrogen (secondary N) is 1. The van der Waals surface area contributed by atoms with Gasteiger partial charge in [-0.25, -0.2) is 4.79 Å². The lowest BCUT2D eigenvalue weighted by atomic mass is 9.52. The number of fused-ring (bicyclic) bond motifs is 2. The Morgan fingerprint density at radius 1 is 1.20 bits per heavy atom. The van der Waals surface area contributed by atoms with Crippen LogP contribution in [-0.2, 0) is 4.74 Å². The summed E-state index contributed by atoms with van der Waals surface area (Å²) in [6.07, 6.45) is 4.86. The van der Waals surface area contributed by atoms with Crippen LogP contribution in [0.15, 0.2) is 29.8 Å². The number of benzene rings is 1. The monoisotopic (exact) mass is 339 g/mol. The van der Waals surface area contributed by atoms with Crippen LogP contribution in [0.2, 0.25) is 0 Å². The Bertz CT molecular complexity index is 789. The van der Waals surface area contributed by atoms with E-state index in [0.717, 1.165) is 12.1 Å². The predicted molar refractivity (Wildman–Crippen MR) is 101 cm³/mol. The van der Waals surface area contributed by atoms with Crippen LogP contribution < -0.4 is 5.32 Å². The van der Waals surface area contributed by atoms with E-state index in [2.05, 4.69) is 52.1 Å². The molecule has 3 atom stereocenters. The number of carbonyl (C=O) groups excluding carboxylic acids is 1. The molecule has 1 N–H and O–H groups in total. The van der Waals surface area contributed by atoms with E-state index in [1.807, 2.05) is 12.1 Å². The molecule has 0 bridgehead atoms. The van der Waals surface area contributed by atoms with Gasteiger partial charge in [-0.3, -0.25) is 0 Å². The molecule has 1 aliphatic heterocycles. The van der Waals surface area contributed by atoms with Crippen molar-refractivity contribution < 1.29 is 9.53 Å². The van der Waals surface area contributed by atoms with Crippen LogP contribution in [-0.4, -0.2) is 19.1 Å². The molecule has 0 saturated heterocycles. The highest BCUT2D eigenvalue weighted by atomic mass is 16.5. The Hall–Kier alpha value is -1.77. The van der Waals surface area contributed by atoms with Gasteiger partial charge in [-0.2, -0.15) is 0 Å². The number of carbonyl (C=O) groups is 1. The molecule has 3 aliphatic rings. The van der Waals surface area contributed by atoms with Gasteiger partial charge in [0.15, 0.2) is 0 Å². The van der Waals surface area contributed by atoms with Crippen molar-refractivity contribution >= 4 is 11.7 Å². The summed E-state index contributed by atoms with van der Waals surface area (Å²) in [5.41, 5.74) is 4.89. The Balaban J connectivity index is 1.94. The minimum atomic E-state index is -0.256. The van der Waals surface area contributed by atoms with E-state index in [-0.39, 0.29) is 28.3 Å². The molecule has 1 saturated carbocycles. The zero-order valence-electron chi connectivity index (χ0n) is 16.2. The number of hydrogen-bond donors (Lipinski definition) is 1. The molecule has 4 rings (SSSR count). The van der Waals surface area contributed by atoms with Crippen LogP contribution >= 0.6 is 0 Å². The van der Waals surface area contributed by atoms with Gasteiger partial charge in [0.2, 0.25) is 0 Å². The third-order valence-electron chi connectivity index (χ3n) is 7.12. The van der Waals surface area contributed by atoms with Crippen LogP contribution in [0, 0.1) is 16.2 Å². The summed E-state index contributed by atoms with van der Waals surface area (Å²) in [4.78, 5) is 12.3. The minimum Gasteiger partial charge on any atom is -0.465 e. The second kappa shape index (κ2) is 4.90. The first-order valence-electron chi connectivity index (χ1n) is 9.34. The smallest absolute Gasteiger partial charge is 0.339 e. The summed E-state index contributed by atoms with van der Waals surface area (Å²) >= 11 is 0. The number of para-hydroxylation sites is 1. The van der Waals surface area contributed by atoms with Crippen molar-refractivity contribution in [2.24, 2.45) is 16.2 Å². The van der Waals surface area contributed by atoms with E-state index in [0.29, 0.717) is 11.5 Å². The summed E-state index contributed by atoms with van der Waals surface area (Å²) in [6, 6.07) is 6.36. The lowest BCUT2D eigenvalue weighted by molar-refractivity contribution is 0.0599. The van der Waals surface area contributed by atoms with E-state index in [1.54, 1.807) is 5.57 Å². The molecule has 3 unspecified atom stereocenters. The fourth-order valence-electron chi connectivity index (χ4n) is 6.05. The van der Waals surface area contributed by atoms with Gasteiger partial charge in [-0.15, -0.1) is 0 Å². The Morgan fingerprint density at radius 2 is 1.92 bits per heavy atom. The number of rotatable bonds is 1. The molecule has 25 heavy (non-hydrogen) atoms. The molecule has 0 amide bonds. The van der Waals surface area contributed by atoms with Crippen molar-refractivity contribution in [2.45, 2.75) is 59.4 Å². The summed E-state index contributed by atoms with van der Waals surface area (Å²) in [7, 11) is 1.46. The first-order valence-corrected chi connectivity index (χ1v) is 9.34. The molecule has 1 aromatic rings. The van der Waals surface area contributed by atoms with Crippen LogP contribution in [0.4, 0.5) is 5.69 Å². The highest BCUT2D eigenvalue weighted by molar-refractivity contribution is 5.97. The normalized spacial score (nSPS) is 33.6. The highest BCUT2D eigenvalue weighted by Gasteiger charge is 2.62. The first-order chi connectivity index (χ1) is 11.6. The number of esters is 1. The Kier molecular flexibility index (Phi) is 3.27. The van der Waals surface area contributed by atoms with E-state index < -0.39 is 0 Å². The van der Waals surface area contributed by atoms with Gasteiger partial charge in [0.1, 0.15) is 0 Å². The Morgan fingerprint density at radius 3 is 2.60 bits per heavy atom. The molecule has 0 aromatic heterocycles. The number of methoxy groups -OCH3 is 1. The molecular formula is C22H29NO2. The summed E-state index contributed by atoms with van der Waals surface area (Å²) in [5, 5.41) is 3.79. The van der Waals surface area contributed by atoms with Gasteiger partial charge in [0.05, 0.1) is 18.4 Å². The summed E-state index contributed by atoms with van der Waals surface area (Å²) in [5.74, 6) is 0.187. The third-order valence-corrected chi connectivity index (χ3v) is 7.12. The first kappa shape index (κ1) is 16.7. The quantitative estimate of drug-likeness (QED) is 0.568. The van der Waals surface area contributed by atoms with Crippen LogP contribution in [0.1, 0.15) is 69.3 Å². The molecule has 1 heterocycles. The molecule has 0 radical (unpaired) electrons. The van der Waals surface area contributed by atoms with Gasteiger partial charge in [0, 0.05) is 16.9 Å². The van der Waals surface area contributed by atoms with Crippen LogP contribution in [0.25, 0.3) is 0 Å². The molecule has 134 valence electrons. The molecule has 1 fully saturated rings. The van der Waals surface area contributed by atoms with Gasteiger partial charge in [-0.1, -0.05) is 58.4 Å². The minimum absolute atomic E-state index is 0.0465. The largest absolute Gasteiger partial charge is 0.465 e. The number of anilines is 1. The standard InChI is InChI=1S/C22H29NO2/c1-20(2)11-10-15-13-8-7-9-14(18(24)25-6)17(13)23-19-21(3,4)12-16(20)22(15,19)5/h7-9,12,15,19,23H,10-11H2,1-6H3. The van der Waals surface area contributed by atoms with Crippen molar-refractivity contribution in [3.8, 4) is 0 Å². The van der Waals surface area contributed by atoms with Crippen LogP contribution in [0.3, 0.4) is 0 Å². The maximum absolute atomic E-state index is 12.3. The zero-order valence-corrected chi connectivity index (χ0v) is 16.2. The van der Waals surface area contributed by atoms with Gasteiger partial charge < -0.3 is 10.1 Å². The number of hydrogen-bond acceptors (Lipinski definition) is 3. The molecule has 3 heteroatoms. The molecule has 1 aromatic carbocycles. The second-order valence-corrected chi connectivity index (χ2v) is 9.48. The van der Waals surface area contributed by atoms with E-state index in [9.17, 15) is 4.79 Å². The summed E-state index contributed by atoms with van der Waals surface area (Å²) in [6.45, 7) is 11.9. The molecule has 2 aliphatic carbocycles. The maximum atomic E-state index is 12.3. The fraction of sp³-hybridized carbons (Fsp3) is 0.591. The van der Waals surface area contributed by atoms with E-state index in [1.165, 1.54) is 19.1 Å². The lowest BCUT2D eigenvalue weighted by Crippen LogP contribution is -2.53. The second-order valence-electron chi connectivity index (χ2n) is 9.48. The van der Waals surface area contributed by atoms with Crippen molar-refractivity contribution in [2.75, 3.05) is 12.4 Å². The fourth-order valence-corrected chi connectivity index (χ4v) is 6.05. The summed E-state index contributed by atoms with van der Waals surface area (Å²) < 4.78 is 5.04. The lowest BCUT2D eigenvalue weighted by Gasteiger charge is -2.56. The SMILES string of the molecule is COC(=O)c1cccc2c1NC1C(C)(C)C=C3C(C)(C)CCC2C31C. The van der Waals surface area contributed by atoms with Gasteiger partial charge >= 0.3 is 5.97 Å². The third kappa shape index (κ3) is 2.01. The van der Waals surface area contributed by atoms with Gasteiger partial charge in [0.25, 0.3) is 0 Å². The highest BCUT2D eigenvalue weighted by Crippen LogP contribution is 2.68. The molecular weight excluding hydrogens is 310 g/mol. The van der Waals surface area contributed by atoms with E-state index >= 15 is 0 Å². The van der Waals surface area contributed by atoms with Crippen LogP contribution in [0.5, 0.6) is 0 Å². The molecule has 3 nitrogen and oxygen atoms in total. The molecule has 0 spiro atoms.